The summed E-state index contributed by atoms with van der Waals surface area (Å²) in [5, 5.41) is 3.13. The molecule has 2 rings (SSSR count). The van der Waals surface area contributed by atoms with Crippen molar-refractivity contribution >= 4 is 11.8 Å². The fraction of sp³-hybridized carbons (Fsp3) is 0.500. The molecule has 1 aromatic heterocycles. The molecule has 1 N–H and O–H groups in total. The molecule has 1 unspecified atom stereocenters. The molecule has 0 radical (unpaired) electrons. The first-order chi connectivity index (χ1) is 9.00. The molecule has 1 aromatic rings. The molecule has 0 spiro atoms. The minimum absolute atomic E-state index is 0.0802. The number of likely N-dealkylation sites (tertiary alicyclic amines) is 1. The van der Waals surface area contributed by atoms with Crippen molar-refractivity contribution in [2.75, 3.05) is 0 Å². The maximum Gasteiger partial charge on any atom is 0.247 e. The van der Waals surface area contributed by atoms with E-state index in [1.165, 1.54) is 4.90 Å². The molecule has 1 aliphatic heterocycles. The van der Waals surface area contributed by atoms with E-state index in [1.54, 1.807) is 6.20 Å². The summed E-state index contributed by atoms with van der Waals surface area (Å²) in [4.78, 5) is 29.5. The second-order valence-electron chi connectivity index (χ2n) is 5.10. The van der Waals surface area contributed by atoms with Gasteiger partial charge in [0.2, 0.25) is 11.8 Å². The first kappa shape index (κ1) is 13.7. The Labute approximate surface area is 113 Å². The highest BCUT2D eigenvalue weighted by molar-refractivity contribution is 6.05. The lowest BCUT2D eigenvalue weighted by Crippen LogP contribution is -2.41. The summed E-state index contributed by atoms with van der Waals surface area (Å²) in [5.74, 6) is -0.233. The summed E-state index contributed by atoms with van der Waals surface area (Å²) in [6.07, 6.45) is 1.97. The molecule has 1 atom stereocenters. The predicted octanol–water partition coefficient (Wildman–Crippen LogP) is 1.02. The Bertz CT molecular complexity index is 499. The lowest BCUT2D eigenvalue weighted by Gasteiger charge is -2.19. The van der Waals surface area contributed by atoms with Crippen LogP contribution < -0.4 is 5.32 Å². The van der Waals surface area contributed by atoms with Crippen LogP contribution in [0.3, 0.4) is 0 Å². The van der Waals surface area contributed by atoms with Crippen LogP contribution in [-0.2, 0) is 16.1 Å². The smallest absolute Gasteiger partial charge is 0.247 e. The largest absolute Gasteiger partial charge is 0.300 e. The van der Waals surface area contributed by atoms with Gasteiger partial charge in [0.1, 0.15) is 0 Å². The summed E-state index contributed by atoms with van der Waals surface area (Å²) in [6.45, 7) is 6.18. The monoisotopic (exact) mass is 261 g/mol. The third-order valence-electron chi connectivity index (χ3n) is 3.33. The van der Waals surface area contributed by atoms with Crippen LogP contribution in [0.15, 0.2) is 18.3 Å². The summed E-state index contributed by atoms with van der Waals surface area (Å²) in [5.41, 5.74) is 1.98. The van der Waals surface area contributed by atoms with E-state index >= 15 is 0 Å². The lowest BCUT2D eigenvalue weighted by atomic mass is 10.2. The number of amides is 2. The van der Waals surface area contributed by atoms with E-state index in [0.717, 1.165) is 11.3 Å². The average molecular weight is 261 g/mol. The number of imide groups is 1. The van der Waals surface area contributed by atoms with Crippen LogP contribution >= 0.6 is 0 Å². The van der Waals surface area contributed by atoms with Crippen LogP contribution in [0.5, 0.6) is 0 Å². The van der Waals surface area contributed by atoms with Crippen molar-refractivity contribution in [3.05, 3.63) is 29.6 Å². The Morgan fingerprint density at radius 1 is 1.47 bits per heavy atom. The van der Waals surface area contributed by atoms with E-state index < -0.39 is 6.04 Å². The van der Waals surface area contributed by atoms with E-state index in [4.69, 9.17) is 0 Å². The minimum Gasteiger partial charge on any atom is -0.300 e. The number of hydrogen-bond acceptors (Lipinski definition) is 4. The van der Waals surface area contributed by atoms with Gasteiger partial charge < -0.3 is 0 Å². The van der Waals surface area contributed by atoms with Gasteiger partial charge in [0.15, 0.2) is 0 Å². The summed E-state index contributed by atoms with van der Waals surface area (Å²) < 4.78 is 0. The molecular formula is C14H19N3O2. The number of pyridine rings is 1. The molecule has 0 bridgehead atoms. The number of carbonyl (C=O) groups excluding carboxylic acids is 2. The van der Waals surface area contributed by atoms with Crippen molar-refractivity contribution < 1.29 is 9.59 Å². The number of hydrogen-bond donors (Lipinski definition) is 1. The molecular weight excluding hydrogens is 242 g/mol. The maximum atomic E-state index is 12.1. The highest BCUT2D eigenvalue weighted by Gasteiger charge is 2.39. The van der Waals surface area contributed by atoms with Gasteiger partial charge in [-0.3, -0.25) is 24.8 Å². The topological polar surface area (TPSA) is 62.3 Å². The van der Waals surface area contributed by atoms with Crippen molar-refractivity contribution in [2.24, 2.45) is 0 Å². The normalized spacial score (nSPS) is 19.6. The van der Waals surface area contributed by atoms with Gasteiger partial charge in [0.05, 0.1) is 18.2 Å². The zero-order valence-corrected chi connectivity index (χ0v) is 11.5. The Hall–Kier alpha value is -1.75. The summed E-state index contributed by atoms with van der Waals surface area (Å²) in [7, 11) is 0. The third-order valence-corrected chi connectivity index (χ3v) is 3.33. The fourth-order valence-electron chi connectivity index (χ4n) is 2.28. The molecule has 1 aliphatic rings. The molecule has 2 heterocycles. The van der Waals surface area contributed by atoms with E-state index in [1.807, 2.05) is 32.9 Å². The maximum absolute atomic E-state index is 12.1. The minimum atomic E-state index is -0.420. The molecule has 0 saturated carbocycles. The van der Waals surface area contributed by atoms with Gasteiger partial charge in [-0.2, -0.15) is 0 Å². The summed E-state index contributed by atoms with van der Waals surface area (Å²) >= 11 is 0. The van der Waals surface area contributed by atoms with E-state index in [2.05, 4.69) is 10.3 Å². The van der Waals surface area contributed by atoms with Gasteiger partial charge >= 0.3 is 0 Å². The molecule has 1 fully saturated rings. The molecule has 102 valence electrons. The Kier molecular flexibility index (Phi) is 3.95. The quantitative estimate of drug-likeness (QED) is 0.822. The molecule has 1 saturated heterocycles. The first-order valence-corrected chi connectivity index (χ1v) is 6.50. The number of nitrogens with zero attached hydrogens (tertiary/aromatic N) is 2. The Morgan fingerprint density at radius 3 is 2.79 bits per heavy atom. The van der Waals surface area contributed by atoms with Crippen LogP contribution in [0, 0.1) is 6.92 Å². The van der Waals surface area contributed by atoms with Gasteiger partial charge in [-0.05, 0) is 32.4 Å². The van der Waals surface area contributed by atoms with E-state index in [-0.39, 0.29) is 24.3 Å². The van der Waals surface area contributed by atoms with Crippen molar-refractivity contribution in [2.45, 2.75) is 45.8 Å². The molecule has 0 aromatic carbocycles. The predicted molar refractivity (Wildman–Crippen MR) is 71.2 cm³/mol. The van der Waals surface area contributed by atoms with Gasteiger partial charge in [0, 0.05) is 18.8 Å². The van der Waals surface area contributed by atoms with Crippen LogP contribution in [-0.4, -0.2) is 33.8 Å². The van der Waals surface area contributed by atoms with Crippen molar-refractivity contribution in [3.8, 4) is 0 Å². The number of nitrogens with one attached hydrogen (secondary N) is 1. The van der Waals surface area contributed by atoms with Crippen molar-refractivity contribution in [1.29, 1.82) is 0 Å². The fourth-order valence-corrected chi connectivity index (χ4v) is 2.28. The highest BCUT2D eigenvalue weighted by atomic mass is 16.2. The van der Waals surface area contributed by atoms with Crippen LogP contribution in [0.25, 0.3) is 0 Å². The third kappa shape index (κ3) is 2.81. The Morgan fingerprint density at radius 2 is 2.21 bits per heavy atom. The van der Waals surface area contributed by atoms with Gasteiger partial charge in [-0.25, -0.2) is 0 Å². The number of carbonyl (C=O) groups is 2. The van der Waals surface area contributed by atoms with E-state index in [0.29, 0.717) is 6.54 Å². The summed E-state index contributed by atoms with van der Waals surface area (Å²) in [6, 6.07) is 3.36. The van der Waals surface area contributed by atoms with Gasteiger partial charge in [-0.1, -0.05) is 6.07 Å². The van der Waals surface area contributed by atoms with Crippen LogP contribution in [0.2, 0.25) is 0 Å². The molecule has 5 heteroatoms. The molecule has 5 nitrogen and oxygen atoms in total. The SMILES string of the molecule is Cc1cccnc1CNC1CC(=O)N(C(C)C)C1=O. The van der Waals surface area contributed by atoms with E-state index in [9.17, 15) is 9.59 Å². The standard InChI is InChI=1S/C14H19N3O2/c1-9(2)17-13(18)7-11(14(17)19)16-8-12-10(3)5-4-6-15-12/h4-6,9,11,16H,7-8H2,1-3H3. The number of rotatable bonds is 4. The molecule has 0 aliphatic carbocycles. The zero-order chi connectivity index (χ0) is 14.0. The second kappa shape index (κ2) is 5.48. The number of aromatic nitrogens is 1. The van der Waals surface area contributed by atoms with Crippen LogP contribution in [0.4, 0.5) is 0 Å². The van der Waals surface area contributed by atoms with Gasteiger partial charge in [-0.15, -0.1) is 0 Å². The van der Waals surface area contributed by atoms with Crippen molar-refractivity contribution in [1.82, 2.24) is 15.2 Å². The molecule has 19 heavy (non-hydrogen) atoms. The zero-order valence-electron chi connectivity index (χ0n) is 11.5. The van der Waals surface area contributed by atoms with Gasteiger partial charge in [0.25, 0.3) is 0 Å². The second-order valence-corrected chi connectivity index (χ2v) is 5.10. The number of aryl methyl sites for hydroxylation is 1. The van der Waals surface area contributed by atoms with Crippen molar-refractivity contribution in [3.63, 3.8) is 0 Å². The van der Waals surface area contributed by atoms with Crippen LogP contribution in [0.1, 0.15) is 31.5 Å². The lowest BCUT2D eigenvalue weighted by molar-refractivity contribution is -0.140. The first-order valence-electron chi connectivity index (χ1n) is 6.50. The average Bonchev–Trinajstić information content (AvgIpc) is 2.63. The molecule has 2 amide bonds. The Balaban J connectivity index is 2.00. The highest BCUT2D eigenvalue weighted by Crippen LogP contribution is 2.16.